The van der Waals surface area contributed by atoms with E-state index in [1.54, 1.807) is 18.2 Å². The van der Waals surface area contributed by atoms with E-state index in [-0.39, 0.29) is 30.2 Å². The fraction of sp³-hybridized carbons (Fsp3) is 0.400. The van der Waals surface area contributed by atoms with Crippen molar-refractivity contribution in [2.45, 2.75) is 26.8 Å². The minimum absolute atomic E-state index is 0.103. The lowest BCUT2D eigenvalue weighted by atomic mass is 10.1. The smallest absolute Gasteiger partial charge is 0.287 e. The highest BCUT2D eigenvalue weighted by atomic mass is 35.5. The van der Waals surface area contributed by atoms with E-state index in [1.165, 1.54) is 0 Å². The lowest BCUT2D eigenvalue weighted by Crippen LogP contribution is -2.41. The van der Waals surface area contributed by atoms with Gasteiger partial charge in [-0.25, -0.2) is 0 Å². The number of hydrogen-bond donors (Lipinski definition) is 2. The first-order valence-corrected chi connectivity index (χ1v) is 6.92. The first kappa shape index (κ1) is 14.9. The fourth-order valence-electron chi connectivity index (χ4n) is 2.07. The number of rotatable bonds is 4. The van der Waals surface area contributed by atoms with Crippen molar-refractivity contribution in [1.29, 1.82) is 0 Å². The number of carbonyl (C=O) groups excluding carboxylic acids is 1. The third kappa shape index (κ3) is 2.81. The van der Waals surface area contributed by atoms with Gasteiger partial charge in [0.1, 0.15) is 5.58 Å². The number of aryl methyl sites for hydroxylation is 1. The molecule has 0 saturated carbocycles. The van der Waals surface area contributed by atoms with Gasteiger partial charge in [-0.2, -0.15) is 0 Å². The van der Waals surface area contributed by atoms with Crippen molar-refractivity contribution in [1.82, 2.24) is 5.32 Å². The standard InChI is InChI=1S/C15H18ClNO3/c1-8(2)12(7-18)17-15(19)14-9(3)11-6-10(16)4-5-13(11)20-14/h4-6,8,12,18H,7H2,1-3H3,(H,17,19). The second-order valence-electron chi connectivity index (χ2n) is 5.20. The second-order valence-corrected chi connectivity index (χ2v) is 5.64. The molecule has 20 heavy (non-hydrogen) atoms. The second kappa shape index (κ2) is 5.85. The monoisotopic (exact) mass is 295 g/mol. The van der Waals surface area contributed by atoms with Gasteiger partial charge in [0, 0.05) is 16.0 Å². The SMILES string of the molecule is Cc1c(C(=O)NC(CO)C(C)C)oc2ccc(Cl)cc12. The summed E-state index contributed by atoms with van der Waals surface area (Å²) in [4.78, 5) is 12.2. The summed E-state index contributed by atoms with van der Waals surface area (Å²) in [5, 5.41) is 13.5. The molecule has 5 heteroatoms. The Balaban J connectivity index is 2.33. The van der Waals surface area contributed by atoms with E-state index in [2.05, 4.69) is 5.32 Å². The lowest BCUT2D eigenvalue weighted by Gasteiger charge is -2.19. The highest BCUT2D eigenvalue weighted by Gasteiger charge is 2.21. The van der Waals surface area contributed by atoms with Crippen molar-refractivity contribution in [3.8, 4) is 0 Å². The van der Waals surface area contributed by atoms with E-state index < -0.39 is 0 Å². The van der Waals surface area contributed by atoms with Crippen LogP contribution in [-0.2, 0) is 0 Å². The molecule has 0 saturated heterocycles. The lowest BCUT2D eigenvalue weighted by molar-refractivity contribution is 0.0870. The average Bonchev–Trinajstić information content (AvgIpc) is 2.73. The summed E-state index contributed by atoms with van der Waals surface area (Å²) in [6.45, 7) is 5.59. The van der Waals surface area contributed by atoms with Gasteiger partial charge in [-0.05, 0) is 31.0 Å². The summed E-state index contributed by atoms with van der Waals surface area (Å²) in [7, 11) is 0. The first-order valence-electron chi connectivity index (χ1n) is 6.54. The van der Waals surface area contributed by atoms with Gasteiger partial charge in [-0.1, -0.05) is 25.4 Å². The largest absolute Gasteiger partial charge is 0.451 e. The molecule has 2 rings (SSSR count). The van der Waals surface area contributed by atoms with Crippen LogP contribution in [0.1, 0.15) is 30.0 Å². The molecule has 1 unspecified atom stereocenters. The summed E-state index contributed by atoms with van der Waals surface area (Å²) in [5.74, 6) is 0.0898. The van der Waals surface area contributed by atoms with Crippen LogP contribution in [0.4, 0.5) is 0 Å². The third-order valence-electron chi connectivity index (χ3n) is 3.42. The van der Waals surface area contributed by atoms with E-state index in [1.807, 2.05) is 20.8 Å². The van der Waals surface area contributed by atoms with E-state index >= 15 is 0 Å². The van der Waals surface area contributed by atoms with Crippen molar-refractivity contribution in [2.75, 3.05) is 6.61 Å². The van der Waals surface area contributed by atoms with E-state index in [9.17, 15) is 9.90 Å². The number of halogens is 1. The molecule has 108 valence electrons. The maximum absolute atomic E-state index is 12.2. The van der Waals surface area contributed by atoms with Crippen LogP contribution in [0.25, 0.3) is 11.0 Å². The molecule has 1 aromatic carbocycles. The Hall–Kier alpha value is -1.52. The summed E-state index contributed by atoms with van der Waals surface area (Å²) < 4.78 is 5.59. The topological polar surface area (TPSA) is 62.5 Å². The highest BCUT2D eigenvalue weighted by Crippen LogP contribution is 2.27. The Morgan fingerprint density at radius 2 is 2.15 bits per heavy atom. The Kier molecular flexibility index (Phi) is 4.35. The molecule has 1 amide bonds. The fourth-order valence-corrected chi connectivity index (χ4v) is 2.24. The average molecular weight is 296 g/mol. The molecule has 2 aromatic rings. The zero-order valence-electron chi connectivity index (χ0n) is 11.7. The van der Waals surface area contributed by atoms with Gasteiger partial charge in [0.05, 0.1) is 12.6 Å². The van der Waals surface area contributed by atoms with Crippen LogP contribution < -0.4 is 5.32 Å². The van der Waals surface area contributed by atoms with Gasteiger partial charge >= 0.3 is 0 Å². The number of benzene rings is 1. The van der Waals surface area contributed by atoms with Crippen LogP contribution in [0.2, 0.25) is 5.02 Å². The number of amides is 1. The molecule has 2 N–H and O–H groups in total. The minimum Gasteiger partial charge on any atom is -0.451 e. The molecular weight excluding hydrogens is 278 g/mol. The molecule has 0 radical (unpaired) electrons. The number of fused-ring (bicyclic) bond motifs is 1. The quantitative estimate of drug-likeness (QED) is 0.911. The van der Waals surface area contributed by atoms with Crippen LogP contribution >= 0.6 is 11.6 Å². The van der Waals surface area contributed by atoms with Crippen LogP contribution in [0.3, 0.4) is 0 Å². The maximum atomic E-state index is 12.2. The summed E-state index contributed by atoms with van der Waals surface area (Å²) >= 11 is 5.95. The maximum Gasteiger partial charge on any atom is 0.287 e. The predicted molar refractivity (Wildman–Crippen MR) is 79.1 cm³/mol. The van der Waals surface area contributed by atoms with Crippen molar-refractivity contribution in [3.05, 3.63) is 34.5 Å². The Morgan fingerprint density at radius 3 is 2.75 bits per heavy atom. The molecule has 0 aliphatic rings. The number of nitrogens with one attached hydrogen (secondary N) is 1. The van der Waals surface area contributed by atoms with Crippen LogP contribution in [0.15, 0.2) is 22.6 Å². The minimum atomic E-state index is -0.317. The molecule has 4 nitrogen and oxygen atoms in total. The molecule has 0 fully saturated rings. The van der Waals surface area contributed by atoms with Gasteiger partial charge in [0.15, 0.2) is 5.76 Å². The van der Waals surface area contributed by atoms with Gasteiger partial charge < -0.3 is 14.8 Å². The van der Waals surface area contributed by atoms with Gasteiger partial charge in [-0.15, -0.1) is 0 Å². The number of aliphatic hydroxyl groups is 1. The van der Waals surface area contributed by atoms with Crippen LogP contribution in [0, 0.1) is 12.8 Å². The molecule has 0 aliphatic heterocycles. The normalized spacial score (nSPS) is 12.9. The van der Waals surface area contributed by atoms with Crippen molar-refractivity contribution in [3.63, 3.8) is 0 Å². The Labute approximate surface area is 122 Å². The van der Waals surface area contributed by atoms with E-state index in [0.717, 1.165) is 10.9 Å². The van der Waals surface area contributed by atoms with Crippen LogP contribution in [0.5, 0.6) is 0 Å². The number of hydrogen-bond acceptors (Lipinski definition) is 3. The molecular formula is C15H18ClNO3. The molecule has 1 atom stereocenters. The molecule has 0 aliphatic carbocycles. The molecule has 1 aromatic heterocycles. The Morgan fingerprint density at radius 1 is 1.45 bits per heavy atom. The molecule has 1 heterocycles. The predicted octanol–water partition coefficient (Wildman–Crippen LogP) is 3.14. The van der Waals surface area contributed by atoms with Crippen molar-refractivity contribution >= 4 is 28.5 Å². The molecule has 0 spiro atoms. The number of aliphatic hydroxyl groups excluding tert-OH is 1. The zero-order valence-corrected chi connectivity index (χ0v) is 12.5. The summed E-state index contributed by atoms with van der Waals surface area (Å²) in [6, 6.07) is 4.95. The van der Waals surface area contributed by atoms with Crippen molar-refractivity contribution < 1.29 is 14.3 Å². The summed E-state index contributed by atoms with van der Waals surface area (Å²) in [6.07, 6.45) is 0. The highest BCUT2D eigenvalue weighted by molar-refractivity contribution is 6.31. The number of carbonyl (C=O) groups is 1. The van der Waals surface area contributed by atoms with Crippen molar-refractivity contribution in [2.24, 2.45) is 5.92 Å². The van der Waals surface area contributed by atoms with Gasteiger partial charge in [0.25, 0.3) is 5.91 Å². The van der Waals surface area contributed by atoms with Gasteiger partial charge in [-0.3, -0.25) is 4.79 Å². The van der Waals surface area contributed by atoms with E-state index in [4.69, 9.17) is 16.0 Å². The Bertz CT molecular complexity index is 633. The van der Waals surface area contributed by atoms with Crippen LogP contribution in [-0.4, -0.2) is 23.7 Å². The number of furan rings is 1. The van der Waals surface area contributed by atoms with E-state index in [0.29, 0.717) is 10.6 Å². The summed E-state index contributed by atoms with van der Waals surface area (Å²) in [5.41, 5.74) is 1.38. The molecule has 0 bridgehead atoms. The van der Waals surface area contributed by atoms with Gasteiger partial charge in [0.2, 0.25) is 0 Å². The third-order valence-corrected chi connectivity index (χ3v) is 3.66. The first-order chi connectivity index (χ1) is 9.43. The zero-order chi connectivity index (χ0) is 14.9.